The number of hydrogen-bond acceptors (Lipinski definition) is 2. The van der Waals surface area contributed by atoms with Crippen molar-refractivity contribution in [3.63, 3.8) is 0 Å². The minimum Gasteiger partial charge on any atom is -0.339 e. The molecule has 1 unspecified atom stereocenters. The van der Waals surface area contributed by atoms with Crippen molar-refractivity contribution in [2.24, 2.45) is 11.7 Å². The molecule has 2 rings (SSSR count). The topological polar surface area (TPSA) is 46.3 Å². The van der Waals surface area contributed by atoms with Crippen LogP contribution in [0.1, 0.15) is 44.2 Å². The van der Waals surface area contributed by atoms with E-state index in [1.165, 1.54) is 5.56 Å². The van der Waals surface area contributed by atoms with Gasteiger partial charge in [-0.15, -0.1) is 12.4 Å². The van der Waals surface area contributed by atoms with Crippen LogP contribution in [0.5, 0.6) is 0 Å². The van der Waals surface area contributed by atoms with Crippen LogP contribution in [0.3, 0.4) is 0 Å². The minimum atomic E-state index is 0. The molecule has 0 spiro atoms. The van der Waals surface area contributed by atoms with Gasteiger partial charge in [-0.3, -0.25) is 4.79 Å². The summed E-state index contributed by atoms with van der Waals surface area (Å²) in [6.07, 6.45) is 3.92. The maximum atomic E-state index is 12.3. The second-order valence-electron chi connectivity index (χ2n) is 5.65. The van der Waals surface area contributed by atoms with E-state index < -0.39 is 0 Å². The highest BCUT2D eigenvalue weighted by Gasteiger charge is 2.28. The molecule has 0 aromatic heterocycles. The Morgan fingerprint density at radius 3 is 2.55 bits per heavy atom. The molecular weight excluding hydrogens is 272 g/mol. The molecule has 1 aliphatic rings. The van der Waals surface area contributed by atoms with Crippen LogP contribution in [0.25, 0.3) is 0 Å². The van der Waals surface area contributed by atoms with Gasteiger partial charge < -0.3 is 10.6 Å². The lowest BCUT2D eigenvalue weighted by Gasteiger charge is -2.27. The Hall–Kier alpha value is -1.06. The first kappa shape index (κ1) is 17.0. The van der Waals surface area contributed by atoms with Crippen LogP contribution < -0.4 is 5.73 Å². The van der Waals surface area contributed by atoms with Crippen LogP contribution in [0.15, 0.2) is 30.3 Å². The number of rotatable bonds is 4. The molecule has 1 fully saturated rings. The molecule has 1 saturated carbocycles. The average molecular weight is 297 g/mol. The average Bonchev–Trinajstić information content (AvgIpc) is 2.83. The number of nitrogens with zero attached hydrogens (tertiary/aromatic N) is 1. The van der Waals surface area contributed by atoms with E-state index in [-0.39, 0.29) is 30.4 Å². The highest BCUT2D eigenvalue weighted by molar-refractivity contribution is 5.85. The molecule has 20 heavy (non-hydrogen) atoms. The monoisotopic (exact) mass is 296 g/mol. The van der Waals surface area contributed by atoms with Crippen molar-refractivity contribution in [3.05, 3.63) is 35.9 Å². The van der Waals surface area contributed by atoms with E-state index in [0.29, 0.717) is 12.3 Å². The van der Waals surface area contributed by atoms with Crippen molar-refractivity contribution in [2.45, 2.75) is 44.7 Å². The molecule has 112 valence electrons. The zero-order valence-corrected chi connectivity index (χ0v) is 13.1. The van der Waals surface area contributed by atoms with Gasteiger partial charge in [0.2, 0.25) is 5.91 Å². The van der Waals surface area contributed by atoms with Gasteiger partial charge >= 0.3 is 0 Å². The fourth-order valence-corrected chi connectivity index (χ4v) is 2.86. The maximum absolute atomic E-state index is 12.3. The fraction of sp³-hybridized carbons (Fsp3) is 0.562. The highest BCUT2D eigenvalue weighted by Crippen LogP contribution is 2.28. The van der Waals surface area contributed by atoms with Crippen molar-refractivity contribution >= 4 is 18.3 Å². The summed E-state index contributed by atoms with van der Waals surface area (Å²) < 4.78 is 0. The van der Waals surface area contributed by atoms with Crippen molar-refractivity contribution < 1.29 is 4.79 Å². The van der Waals surface area contributed by atoms with Crippen LogP contribution >= 0.6 is 12.4 Å². The number of hydrogen-bond donors (Lipinski definition) is 1. The van der Waals surface area contributed by atoms with Gasteiger partial charge in [0, 0.05) is 19.5 Å². The first-order valence-corrected chi connectivity index (χ1v) is 7.15. The van der Waals surface area contributed by atoms with E-state index in [2.05, 4.69) is 19.1 Å². The largest absolute Gasteiger partial charge is 0.339 e. The van der Waals surface area contributed by atoms with Crippen molar-refractivity contribution in [1.82, 2.24) is 4.90 Å². The van der Waals surface area contributed by atoms with Gasteiger partial charge in [0.25, 0.3) is 0 Å². The van der Waals surface area contributed by atoms with Gasteiger partial charge in [-0.25, -0.2) is 0 Å². The van der Waals surface area contributed by atoms with Gasteiger partial charge in [0.05, 0.1) is 6.04 Å². The number of amides is 1. The number of halogens is 1. The molecule has 2 N–H and O–H groups in total. The fourth-order valence-electron chi connectivity index (χ4n) is 2.86. The molecule has 0 heterocycles. The van der Waals surface area contributed by atoms with Crippen LogP contribution in [-0.2, 0) is 4.79 Å². The lowest BCUT2D eigenvalue weighted by molar-refractivity contribution is -0.132. The van der Waals surface area contributed by atoms with E-state index in [1.54, 1.807) is 0 Å². The third-order valence-corrected chi connectivity index (χ3v) is 4.41. The summed E-state index contributed by atoms with van der Waals surface area (Å²) in [5, 5.41) is 0. The zero-order valence-electron chi connectivity index (χ0n) is 12.3. The SMILES string of the molecule is CC(c1ccccc1)N(C)C(=O)C[C@@H]1CCC[C@H]1N.Cl. The Morgan fingerprint density at radius 2 is 2.00 bits per heavy atom. The Morgan fingerprint density at radius 1 is 1.35 bits per heavy atom. The molecule has 0 bridgehead atoms. The molecule has 0 radical (unpaired) electrons. The molecule has 1 aromatic carbocycles. The Labute approximate surface area is 127 Å². The first-order valence-electron chi connectivity index (χ1n) is 7.15. The summed E-state index contributed by atoms with van der Waals surface area (Å²) in [7, 11) is 1.89. The Balaban J connectivity index is 0.00000200. The van der Waals surface area contributed by atoms with Gasteiger partial charge in [-0.1, -0.05) is 36.8 Å². The smallest absolute Gasteiger partial charge is 0.223 e. The molecule has 0 saturated heterocycles. The molecule has 1 amide bonds. The minimum absolute atomic E-state index is 0. The lowest BCUT2D eigenvalue weighted by Crippen LogP contribution is -2.34. The van der Waals surface area contributed by atoms with Gasteiger partial charge in [-0.05, 0) is 31.2 Å². The maximum Gasteiger partial charge on any atom is 0.223 e. The summed E-state index contributed by atoms with van der Waals surface area (Å²) in [6.45, 7) is 2.07. The molecule has 3 atom stereocenters. The van der Waals surface area contributed by atoms with E-state index in [0.717, 1.165) is 19.3 Å². The second kappa shape index (κ2) is 7.65. The van der Waals surface area contributed by atoms with Crippen LogP contribution in [0, 0.1) is 5.92 Å². The molecule has 3 nitrogen and oxygen atoms in total. The van der Waals surface area contributed by atoms with Gasteiger partial charge in [0.1, 0.15) is 0 Å². The molecule has 4 heteroatoms. The zero-order chi connectivity index (χ0) is 13.8. The molecular formula is C16H25ClN2O. The standard InChI is InChI=1S/C16H24N2O.ClH/c1-12(13-7-4-3-5-8-13)18(2)16(19)11-14-9-6-10-15(14)17;/h3-5,7-8,12,14-15H,6,9-11,17H2,1-2H3;1H/t12?,14-,15+;/m0./s1. The Bertz CT molecular complexity index is 424. The lowest BCUT2D eigenvalue weighted by atomic mass is 9.98. The predicted molar refractivity (Wildman–Crippen MR) is 84.8 cm³/mol. The number of benzene rings is 1. The van der Waals surface area contributed by atoms with Crippen LogP contribution in [0.4, 0.5) is 0 Å². The summed E-state index contributed by atoms with van der Waals surface area (Å²) in [6, 6.07) is 10.5. The summed E-state index contributed by atoms with van der Waals surface area (Å²) >= 11 is 0. The Kier molecular flexibility index (Phi) is 6.50. The number of carbonyl (C=O) groups excluding carboxylic acids is 1. The van der Waals surface area contributed by atoms with Crippen LogP contribution in [-0.4, -0.2) is 23.9 Å². The van der Waals surface area contributed by atoms with Crippen molar-refractivity contribution in [2.75, 3.05) is 7.05 Å². The van der Waals surface area contributed by atoms with Crippen molar-refractivity contribution in [3.8, 4) is 0 Å². The normalized spacial score (nSPS) is 22.9. The molecule has 1 aliphatic carbocycles. The summed E-state index contributed by atoms with van der Waals surface area (Å²) in [5.41, 5.74) is 7.22. The molecule has 0 aliphatic heterocycles. The number of nitrogens with two attached hydrogens (primary N) is 1. The second-order valence-corrected chi connectivity index (χ2v) is 5.65. The molecule has 1 aromatic rings. The first-order chi connectivity index (χ1) is 9.09. The highest BCUT2D eigenvalue weighted by atomic mass is 35.5. The summed E-state index contributed by atoms with van der Waals surface area (Å²) in [5.74, 6) is 0.580. The van der Waals surface area contributed by atoms with E-state index in [1.807, 2.05) is 30.1 Å². The van der Waals surface area contributed by atoms with Gasteiger partial charge in [-0.2, -0.15) is 0 Å². The third-order valence-electron chi connectivity index (χ3n) is 4.41. The van der Waals surface area contributed by atoms with Crippen LogP contribution in [0.2, 0.25) is 0 Å². The predicted octanol–water partition coefficient (Wildman–Crippen LogP) is 3.15. The van der Waals surface area contributed by atoms with Crippen molar-refractivity contribution in [1.29, 1.82) is 0 Å². The number of carbonyl (C=O) groups is 1. The summed E-state index contributed by atoms with van der Waals surface area (Å²) in [4.78, 5) is 14.2. The quantitative estimate of drug-likeness (QED) is 0.928. The van der Waals surface area contributed by atoms with E-state index in [4.69, 9.17) is 5.73 Å². The van der Waals surface area contributed by atoms with E-state index >= 15 is 0 Å². The van der Waals surface area contributed by atoms with Gasteiger partial charge in [0.15, 0.2) is 0 Å². The third kappa shape index (κ3) is 3.97. The van der Waals surface area contributed by atoms with E-state index in [9.17, 15) is 4.79 Å².